The van der Waals surface area contributed by atoms with Gasteiger partial charge in [-0.2, -0.15) is 0 Å². The van der Waals surface area contributed by atoms with Crippen LogP contribution in [0.1, 0.15) is 30.0 Å². The molecule has 5 heteroatoms. The van der Waals surface area contributed by atoms with Gasteiger partial charge in [-0.3, -0.25) is 14.6 Å². The number of aryl methyl sites for hydroxylation is 1. The van der Waals surface area contributed by atoms with Crippen molar-refractivity contribution in [3.8, 4) is 16.9 Å². The van der Waals surface area contributed by atoms with Crippen molar-refractivity contribution in [2.45, 2.75) is 32.6 Å². The average molecular weight is 479 g/mol. The molecule has 0 bridgehead atoms. The van der Waals surface area contributed by atoms with Crippen molar-refractivity contribution in [1.29, 1.82) is 0 Å². The quantitative estimate of drug-likeness (QED) is 0.284. The number of ether oxygens (including phenoxy) is 1. The van der Waals surface area contributed by atoms with E-state index in [0.29, 0.717) is 25.9 Å². The first-order valence-electron chi connectivity index (χ1n) is 12.1. The number of nitrogens with one attached hydrogen (secondary N) is 1. The van der Waals surface area contributed by atoms with Crippen molar-refractivity contribution in [3.63, 3.8) is 0 Å². The number of ketones is 1. The molecule has 0 unspecified atom stereocenters. The summed E-state index contributed by atoms with van der Waals surface area (Å²) in [6.07, 6.45) is 5.94. The highest BCUT2D eigenvalue weighted by molar-refractivity contribution is 5.89. The molecule has 1 aromatic heterocycles. The van der Waals surface area contributed by atoms with Crippen LogP contribution in [0.5, 0.6) is 5.75 Å². The molecule has 0 atom stereocenters. The summed E-state index contributed by atoms with van der Waals surface area (Å²) in [5.74, 6) is 0.910. The fourth-order valence-corrected chi connectivity index (χ4v) is 4.12. The number of hydrogen-bond donors (Lipinski definition) is 1. The first kappa shape index (κ1) is 24.9. The van der Waals surface area contributed by atoms with Crippen LogP contribution in [0.4, 0.5) is 5.69 Å². The van der Waals surface area contributed by atoms with Gasteiger partial charge in [0.2, 0.25) is 5.91 Å². The number of benzene rings is 3. The SMILES string of the molecule is CC(=O)Nc1cccc(-c2ccccc2CCOc2ccc(CC(=O)CCc3cccnc3)cc2)c1. The molecule has 4 rings (SSSR count). The fraction of sp³-hybridized carbons (Fsp3) is 0.194. The first-order valence-corrected chi connectivity index (χ1v) is 12.1. The van der Waals surface area contributed by atoms with Gasteiger partial charge in [0.15, 0.2) is 0 Å². The van der Waals surface area contributed by atoms with Crippen LogP contribution in [0.25, 0.3) is 11.1 Å². The smallest absolute Gasteiger partial charge is 0.221 e. The molecule has 3 aromatic carbocycles. The Morgan fingerprint density at radius 3 is 2.47 bits per heavy atom. The number of Topliss-reactive ketones (excluding diaryl/α,β-unsaturated/α-hetero) is 1. The minimum absolute atomic E-state index is 0.0889. The van der Waals surface area contributed by atoms with E-state index in [2.05, 4.69) is 22.4 Å². The van der Waals surface area contributed by atoms with Crippen molar-refractivity contribution in [2.75, 3.05) is 11.9 Å². The molecule has 0 spiro atoms. The van der Waals surface area contributed by atoms with Gasteiger partial charge in [-0.15, -0.1) is 0 Å². The molecule has 1 heterocycles. The van der Waals surface area contributed by atoms with Gasteiger partial charge in [0, 0.05) is 44.3 Å². The summed E-state index contributed by atoms with van der Waals surface area (Å²) in [7, 11) is 0. The van der Waals surface area contributed by atoms with Crippen molar-refractivity contribution >= 4 is 17.4 Å². The summed E-state index contributed by atoms with van der Waals surface area (Å²) in [4.78, 5) is 27.9. The first-order chi connectivity index (χ1) is 17.6. The van der Waals surface area contributed by atoms with Crippen LogP contribution in [0.15, 0.2) is 97.3 Å². The summed E-state index contributed by atoms with van der Waals surface area (Å²) >= 11 is 0. The molecule has 0 saturated heterocycles. The summed E-state index contributed by atoms with van der Waals surface area (Å²) in [5, 5.41) is 2.84. The van der Waals surface area contributed by atoms with Gasteiger partial charge >= 0.3 is 0 Å². The van der Waals surface area contributed by atoms with Gasteiger partial charge < -0.3 is 10.1 Å². The number of amides is 1. The van der Waals surface area contributed by atoms with Crippen LogP contribution in [-0.4, -0.2) is 23.3 Å². The number of rotatable bonds is 11. The summed E-state index contributed by atoms with van der Waals surface area (Å²) < 4.78 is 5.99. The molecule has 0 aliphatic carbocycles. The fourth-order valence-electron chi connectivity index (χ4n) is 4.12. The Balaban J connectivity index is 1.29. The average Bonchev–Trinajstić information content (AvgIpc) is 2.89. The lowest BCUT2D eigenvalue weighted by molar-refractivity contribution is -0.118. The Hall–Kier alpha value is -4.25. The number of carbonyl (C=O) groups excluding carboxylic acids is 2. The molecule has 182 valence electrons. The molecule has 0 aliphatic heterocycles. The second-order valence-corrected chi connectivity index (χ2v) is 8.74. The Morgan fingerprint density at radius 2 is 1.69 bits per heavy atom. The van der Waals surface area contributed by atoms with Crippen molar-refractivity contribution < 1.29 is 14.3 Å². The second kappa shape index (κ2) is 12.5. The lowest BCUT2D eigenvalue weighted by Crippen LogP contribution is -2.06. The summed E-state index contributed by atoms with van der Waals surface area (Å²) in [6.45, 7) is 2.04. The van der Waals surface area contributed by atoms with Gasteiger partial charge in [0.25, 0.3) is 0 Å². The number of hydrogen-bond acceptors (Lipinski definition) is 4. The van der Waals surface area contributed by atoms with E-state index < -0.39 is 0 Å². The largest absolute Gasteiger partial charge is 0.493 e. The van der Waals surface area contributed by atoms with Crippen LogP contribution in [0, 0.1) is 0 Å². The molecule has 1 N–H and O–H groups in total. The van der Waals surface area contributed by atoms with Crippen molar-refractivity contribution in [2.24, 2.45) is 0 Å². The molecule has 5 nitrogen and oxygen atoms in total. The highest BCUT2D eigenvalue weighted by Crippen LogP contribution is 2.27. The Labute approximate surface area is 212 Å². The van der Waals surface area contributed by atoms with Crippen molar-refractivity contribution in [1.82, 2.24) is 4.98 Å². The topological polar surface area (TPSA) is 68.3 Å². The molecule has 0 aliphatic rings. The van der Waals surface area contributed by atoms with Gasteiger partial charge in [-0.05, 0) is 64.6 Å². The number of nitrogens with zero attached hydrogens (tertiary/aromatic N) is 1. The van der Waals surface area contributed by atoms with Crippen LogP contribution in [-0.2, 0) is 28.9 Å². The normalized spacial score (nSPS) is 10.6. The minimum atomic E-state index is -0.0889. The Morgan fingerprint density at radius 1 is 0.861 bits per heavy atom. The lowest BCUT2D eigenvalue weighted by Gasteiger charge is -2.12. The number of anilines is 1. The third kappa shape index (κ3) is 7.37. The summed E-state index contributed by atoms with van der Waals surface area (Å²) in [5.41, 5.74) is 6.19. The standard InChI is InChI=1S/C31H30N2O3/c1-23(34)33-28-9-4-8-27(21-28)31-10-3-2-7-26(31)17-19-36-30-15-12-24(13-16-30)20-29(35)14-11-25-6-5-18-32-22-25/h2-10,12-13,15-16,18,21-22H,11,14,17,19-20H2,1H3,(H,33,34). The molecule has 4 aromatic rings. The van der Waals surface area contributed by atoms with Crippen LogP contribution < -0.4 is 10.1 Å². The van der Waals surface area contributed by atoms with E-state index in [1.807, 2.05) is 72.8 Å². The van der Waals surface area contributed by atoms with Gasteiger partial charge in [-0.25, -0.2) is 0 Å². The number of pyridine rings is 1. The predicted octanol–water partition coefficient (Wildman–Crippen LogP) is 6.07. The molecule has 0 radical (unpaired) electrons. The van der Waals surface area contributed by atoms with Gasteiger partial charge in [-0.1, -0.05) is 54.6 Å². The molecular weight excluding hydrogens is 448 g/mol. The second-order valence-electron chi connectivity index (χ2n) is 8.74. The Kier molecular flexibility index (Phi) is 8.60. The molecule has 0 fully saturated rings. The van der Waals surface area contributed by atoms with Crippen LogP contribution >= 0.6 is 0 Å². The molecule has 1 amide bonds. The maximum absolute atomic E-state index is 12.3. The van der Waals surface area contributed by atoms with Crippen LogP contribution in [0.3, 0.4) is 0 Å². The Bertz CT molecular complexity index is 1300. The van der Waals surface area contributed by atoms with Gasteiger partial charge in [0.05, 0.1) is 6.61 Å². The zero-order chi connectivity index (χ0) is 25.2. The number of aromatic nitrogens is 1. The lowest BCUT2D eigenvalue weighted by atomic mass is 9.97. The van der Waals surface area contributed by atoms with E-state index >= 15 is 0 Å². The molecular formula is C31H30N2O3. The van der Waals surface area contributed by atoms with E-state index in [4.69, 9.17) is 4.74 Å². The maximum Gasteiger partial charge on any atom is 0.221 e. The predicted molar refractivity (Wildman–Crippen MR) is 143 cm³/mol. The van der Waals surface area contributed by atoms with E-state index in [9.17, 15) is 9.59 Å². The maximum atomic E-state index is 12.3. The third-order valence-corrected chi connectivity index (χ3v) is 5.89. The number of carbonyl (C=O) groups is 2. The molecule has 36 heavy (non-hydrogen) atoms. The highest BCUT2D eigenvalue weighted by Gasteiger charge is 2.08. The third-order valence-electron chi connectivity index (χ3n) is 5.89. The monoisotopic (exact) mass is 478 g/mol. The van der Waals surface area contributed by atoms with E-state index in [0.717, 1.165) is 40.1 Å². The minimum Gasteiger partial charge on any atom is -0.493 e. The zero-order valence-electron chi connectivity index (χ0n) is 20.4. The zero-order valence-corrected chi connectivity index (χ0v) is 20.4. The van der Waals surface area contributed by atoms with E-state index in [1.54, 1.807) is 12.4 Å². The summed E-state index contributed by atoms with van der Waals surface area (Å²) in [6, 6.07) is 27.7. The van der Waals surface area contributed by atoms with Crippen molar-refractivity contribution in [3.05, 3.63) is 114 Å². The highest BCUT2D eigenvalue weighted by atomic mass is 16.5. The molecule has 0 saturated carbocycles. The van der Waals surface area contributed by atoms with E-state index in [1.165, 1.54) is 12.5 Å². The van der Waals surface area contributed by atoms with E-state index in [-0.39, 0.29) is 11.7 Å². The van der Waals surface area contributed by atoms with Crippen LogP contribution in [0.2, 0.25) is 0 Å². The van der Waals surface area contributed by atoms with Gasteiger partial charge in [0.1, 0.15) is 11.5 Å².